The van der Waals surface area contributed by atoms with Gasteiger partial charge in [-0.05, 0) is 140 Å². The molecule has 1 amide bonds. The number of phenols is 2. The Kier molecular flexibility index (Phi) is 84.6. The number of alkyl halides is 2. The van der Waals surface area contributed by atoms with E-state index in [1.54, 1.807) is 0 Å². The van der Waals surface area contributed by atoms with Crippen LogP contribution in [0.15, 0.2) is 24.3 Å². The summed E-state index contributed by atoms with van der Waals surface area (Å²) in [5.74, 6) is 13.2. The van der Waals surface area contributed by atoms with Gasteiger partial charge in [0.1, 0.15) is 11.5 Å². The van der Waals surface area contributed by atoms with Crippen LogP contribution in [0.3, 0.4) is 0 Å². The fourth-order valence-electron chi connectivity index (χ4n) is 11.2. The molecule has 0 aliphatic heterocycles. The molecule has 103 heavy (non-hydrogen) atoms. The summed E-state index contributed by atoms with van der Waals surface area (Å²) in [7, 11) is 0. The van der Waals surface area contributed by atoms with E-state index >= 15 is 0 Å². The molecule has 17 heteroatoms. The number of nitrogens with zero attached hydrogens (tertiary/aromatic N) is 1. The molecule has 0 aromatic heterocycles. The molecular formula is C86H162Cl3IKN3O4S5. The van der Waals surface area contributed by atoms with Crippen LogP contribution in [0.1, 0.15) is 357 Å². The van der Waals surface area contributed by atoms with Crippen molar-refractivity contribution in [3.05, 3.63) is 57.6 Å². The monoisotopic (exact) mass is 1730 g/mol. The first kappa shape index (κ1) is 114. The zero-order chi connectivity index (χ0) is 76.5. The normalized spacial score (nSPS) is 11.4. The van der Waals surface area contributed by atoms with Crippen LogP contribution in [0, 0.1) is 0 Å². The van der Waals surface area contributed by atoms with Gasteiger partial charge < -0.3 is 49.7 Å². The van der Waals surface area contributed by atoms with Gasteiger partial charge in [0.05, 0.1) is 0 Å². The summed E-state index contributed by atoms with van der Waals surface area (Å²) in [6.07, 6.45) is 43.6. The first-order valence-electron chi connectivity index (χ1n) is 40.7. The Labute approximate surface area is 737 Å². The number of hydrogen-bond acceptors (Lipinski definition) is 11. The van der Waals surface area contributed by atoms with Crippen LogP contribution in [-0.4, -0.2) is 129 Å². The molecule has 4 N–H and O–H groups in total. The van der Waals surface area contributed by atoms with Crippen molar-refractivity contribution < 1.29 is 95.2 Å². The first-order valence-corrected chi connectivity index (χ1v) is 47.4. The molecule has 0 saturated carbocycles. The Hall–Kier alpha value is 2.09. The fraction of sp³-hybridized carbons (Fsp3) is 0.837. The van der Waals surface area contributed by atoms with Crippen LogP contribution < -0.4 is 86.0 Å². The number of phenolic OH excluding ortho intramolecular Hbond substituents is 2. The number of nitrogens with one attached hydrogen (secondary N) is 2. The number of carbonyl (C=O) groups excluding carboxylic acids is 2. The molecule has 0 aliphatic rings. The van der Waals surface area contributed by atoms with Gasteiger partial charge in [0.25, 0.3) is 0 Å². The number of unbranched alkanes of at least 4 members (excludes halogenated alkanes) is 25. The van der Waals surface area contributed by atoms with E-state index in [0.717, 1.165) is 83.2 Å². The zero-order valence-electron chi connectivity index (χ0n) is 70.1. The molecule has 2 aromatic rings. The van der Waals surface area contributed by atoms with Crippen LogP contribution in [-0.2, 0) is 44.1 Å². The van der Waals surface area contributed by atoms with E-state index in [2.05, 4.69) is 182 Å². The predicted octanol–water partition coefficient (Wildman–Crippen LogP) is 20.7. The number of benzene rings is 2. The largest absolute Gasteiger partial charge is 1.00 e. The molecule has 2 aromatic carbocycles. The molecule has 0 saturated heterocycles. The summed E-state index contributed by atoms with van der Waals surface area (Å²) in [4.78, 5) is 26.6. The number of amides is 1. The molecule has 0 heterocycles. The number of aryl methyl sites for hydroxylation is 2. The summed E-state index contributed by atoms with van der Waals surface area (Å²) in [5.41, 5.74) is 5.39. The maximum atomic E-state index is 13.5. The minimum absolute atomic E-state index is 0. The quantitative estimate of drug-likeness (QED) is 0.0110. The maximum absolute atomic E-state index is 13.5. The second-order valence-electron chi connectivity index (χ2n) is 31.7. The number of carbonyl (C=O) groups is 2. The molecule has 0 unspecified atom stereocenters. The van der Waals surface area contributed by atoms with Crippen molar-refractivity contribution in [3.63, 3.8) is 0 Å². The van der Waals surface area contributed by atoms with Crippen molar-refractivity contribution in [1.29, 1.82) is 0 Å². The average molecular weight is 1730 g/mol. The molecule has 0 spiro atoms. The molecule has 2 rings (SSSR count). The van der Waals surface area contributed by atoms with Gasteiger partial charge in [-0.1, -0.05) is 302 Å². The van der Waals surface area contributed by atoms with Gasteiger partial charge in [-0.25, -0.2) is 0 Å². The molecule has 7 nitrogen and oxygen atoms in total. The number of rotatable bonds is 56. The van der Waals surface area contributed by atoms with Crippen molar-refractivity contribution in [2.75, 3.05) is 103 Å². The first-order chi connectivity index (χ1) is 48.1. The van der Waals surface area contributed by atoms with Gasteiger partial charge in [-0.2, -0.15) is 59.7 Å². The molecular weight excluding hydrogens is 1570 g/mol. The Bertz CT molecular complexity index is 2090. The summed E-state index contributed by atoms with van der Waals surface area (Å²) in [6.45, 7) is 42.5. The second-order valence-corrected chi connectivity index (χ2v) is 38.2. The van der Waals surface area contributed by atoms with E-state index in [9.17, 15) is 19.8 Å². The van der Waals surface area contributed by atoms with Crippen LogP contribution in [0.5, 0.6) is 11.5 Å². The fourth-order valence-corrected chi connectivity index (χ4v) is 15.5. The van der Waals surface area contributed by atoms with Crippen molar-refractivity contribution in [3.8, 4) is 11.5 Å². The molecule has 0 radical (unpaired) electrons. The number of halogens is 4. The van der Waals surface area contributed by atoms with Crippen LogP contribution >= 0.6 is 94.5 Å². The van der Waals surface area contributed by atoms with Crippen LogP contribution in [0.25, 0.3) is 0 Å². The molecule has 0 fully saturated rings. The van der Waals surface area contributed by atoms with Crippen molar-refractivity contribution in [2.45, 2.75) is 358 Å². The third-order valence-electron chi connectivity index (χ3n) is 17.6. The smallest absolute Gasteiger partial charge is 1.00 e. The van der Waals surface area contributed by atoms with Crippen molar-refractivity contribution >= 4 is 106 Å². The standard InChI is InChI=1S/C37H67NO2S2.C20H43NS2.C17H25ClO2.C8H18S.C4H9Cl2N.HI.K/c1-9-11-13-15-17-19-25-41-27-23-38(24-28-42-26-20-18-16-14-12-10-2)34(39)22-21-31-29-32(36(3,4)5)35(40)33(30-31)37(6,7)8;1-3-5-7-9-11-13-17-22-19-15-21-16-20-23-18-14-12-10-8-6-4-2;1-16(2,3)12-9-11(7-8-14(18)19)10-13(15(12)20)17(4,5)6;1-2-3-4-5-6-7-8-9;5-1-3-7-4-2-6;;/h29-30,40H,9-28H2,1-8H3;21H,3-20H2,1-2H3;9-10,20H,7-8H2,1-6H3;9H,2-8H2,1H3;7H,1-4H2;1H;/q;;;;;;+1/p-1. The SMILES string of the molecule is CC(C)(C)c1cc(CCC(=O)Cl)cc(C(C)(C)C)c1O.CCCCCCCCS.CCCCCCCCSCCN(CCSCCCCCCCC)C(=O)CCc1cc(C(C)(C)C)c(O)c(C(C)(C)C)c1.CCCCCCCCSCCNCCSCCCCCCCC.ClCCNCCCl.[I-].[K+]. The van der Waals surface area contributed by atoms with Gasteiger partial charge in [0.2, 0.25) is 11.1 Å². The van der Waals surface area contributed by atoms with Gasteiger partial charge in [0.15, 0.2) is 0 Å². The minimum Gasteiger partial charge on any atom is -1.00 e. The number of thioether (sulfide) groups is 4. The van der Waals surface area contributed by atoms with E-state index < -0.39 is 0 Å². The summed E-state index contributed by atoms with van der Waals surface area (Å²) >= 11 is 28.5. The number of thiol groups is 1. The third kappa shape index (κ3) is 70.5. The maximum Gasteiger partial charge on any atom is 1.00 e. The minimum atomic E-state index is -0.326. The van der Waals surface area contributed by atoms with Crippen molar-refractivity contribution in [1.82, 2.24) is 15.5 Å². The summed E-state index contributed by atoms with van der Waals surface area (Å²) < 4.78 is 0. The Morgan fingerprint density at radius 2 is 0.650 bits per heavy atom. The molecule has 0 bridgehead atoms. The van der Waals surface area contributed by atoms with Crippen LogP contribution in [0.2, 0.25) is 0 Å². The number of aromatic hydroxyl groups is 2. The third-order valence-corrected chi connectivity index (χ3v) is 22.8. The predicted molar refractivity (Wildman–Crippen MR) is 472 cm³/mol. The van der Waals surface area contributed by atoms with E-state index in [4.69, 9.17) is 34.8 Å². The molecule has 604 valence electrons. The van der Waals surface area contributed by atoms with E-state index in [-0.39, 0.29) is 108 Å². The second kappa shape index (κ2) is 76.7. The van der Waals surface area contributed by atoms with Crippen molar-refractivity contribution in [2.24, 2.45) is 0 Å². The van der Waals surface area contributed by atoms with Crippen LogP contribution in [0.4, 0.5) is 0 Å². The number of hydrogen-bond donors (Lipinski definition) is 5. The zero-order valence-corrected chi connectivity index (χ0v) is 81.8. The Balaban J connectivity index is -0.000000442. The topological polar surface area (TPSA) is 102 Å². The molecule has 0 aliphatic carbocycles. The van der Waals surface area contributed by atoms with Gasteiger partial charge in [-0.3, -0.25) is 9.59 Å². The average Bonchev–Trinajstić information content (AvgIpc) is 0.793. The Morgan fingerprint density at radius 1 is 0.398 bits per heavy atom. The van der Waals surface area contributed by atoms with Gasteiger partial charge >= 0.3 is 51.4 Å². The summed E-state index contributed by atoms with van der Waals surface area (Å²) in [5, 5.41) is 27.9. The summed E-state index contributed by atoms with van der Waals surface area (Å²) in [6, 6.07) is 8.25. The van der Waals surface area contributed by atoms with Gasteiger partial charge in [-0.15, -0.1) is 23.2 Å². The van der Waals surface area contributed by atoms with E-state index in [1.807, 2.05) is 35.7 Å². The Morgan fingerprint density at radius 3 is 0.913 bits per heavy atom. The van der Waals surface area contributed by atoms with E-state index in [1.165, 1.54) is 240 Å². The molecule has 0 atom stereocenters. The van der Waals surface area contributed by atoms with Gasteiger partial charge in [0, 0.05) is 86.9 Å². The van der Waals surface area contributed by atoms with E-state index in [0.29, 0.717) is 42.5 Å².